The van der Waals surface area contributed by atoms with Crippen molar-refractivity contribution >= 4 is 5.91 Å². The number of hydrogen-bond donors (Lipinski definition) is 2. The number of carbonyl (C=O) groups excluding carboxylic acids is 1. The molecule has 2 rings (SSSR count). The lowest BCUT2D eigenvalue weighted by atomic mass is 9.93. The molecule has 0 aliphatic carbocycles. The number of aliphatic hydroxyl groups excluding tert-OH is 1. The smallest absolute Gasteiger partial charge is 0.227 e. The third-order valence-corrected chi connectivity index (χ3v) is 4.60. The first kappa shape index (κ1) is 18.0. The molecule has 1 aliphatic heterocycles. The first-order chi connectivity index (χ1) is 11.2. The lowest BCUT2D eigenvalue weighted by molar-refractivity contribution is -0.122. The van der Waals surface area contributed by atoms with Crippen molar-refractivity contribution in [2.45, 2.75) is 51.0 Å². The lowest BCUT2D eigenvalue weighted by Gasteiger charge is -2.29. The average Bonchev–Trinajstić information content (AvgIpc) is 2.58. The number of amides is 1. The minimum atomic E-state index is -0.119. The number of hydrogen-bond acceptors (Lipinski definition) is 3. The Morgan fingerprint density at radius 2 is 2.00 bits per heavy atom. The van der Waals surface area contributed by atoms with E-state index in [-0.39, 0.29) is 17.9 Å². The maximum atomic E-state index is 12.5. The van der Waals surface area contributed by atoms with Crippen LogP contribution in [0.4, 0.5) is 0 Å². The minimum absolute atomic E-state index is 0.0358. The molecule has 23 heavy (non-hydrogen) atoms. The highest BCUT2D eigenvalue weighted by Crippen LogP contribution is 2.21. The summed E-state index contributed by atoms with van der Waals surface area (Å²) < 4.78 is 0. The third-order valence-electron chi connectivity index (χ3n) is 4.60. The second-order valence-corrected chi connectivity index (χ2v) is 6.47. The van der Waals surface area contributed by atoms with E-state index in [1.807, 2.05) is 30.3 Å². The molecule has 1 saturated heterocycles. The summed E-state index contributed by atoms with van der Waals surface area (Å²) in [4.78, 5) is 14.8. The number of rotatable bonds is 8. The number of carbonyl (C=O) groups is 1. The van der Waals surface area contributed by atoms with Gasteiger partial charge >= 0.3 is 0 Å². The van der Waals surface area contributed by atoms with Crippen LogP contribution < -0.4 is 5.32 Å². The summed E-state index contributed by atoms with van der Waals surface area (Å²) in [7, 11) is 0. The topological polar surface area (TPSA) is 52.6 Å². The van der Waals surface area contributed by atoms with E-state index in [9.17, 15) is 9.90 Å². The van der Waals surface area contributed by atoms with Gasteiger partial charge in [0.15, 0.2) is 0 Å². The van der Waals surface area contributed by atoms with Crippen molar-refractivity contribution in [2.24, 2.45) is 0 Å². The van der Waals surface area contributed by atoms with Gasteiger partial charge in [0.25, 0.3) is 0 Å². The highest BCUT2D eigenvalue weighted by Gasteiger charge is 2.19. The lowest BCUT2D eigenvalue weighted by Crippen LogP contribution is -2.38. The van der Waals surface area contributed by atoms with Gasteiger partial charge in [0.05, 0.1) is 12.0 Å². The number of piperidine rings is 1. The summed E-state index contributed by atoms with van der Waals surface area (Å²) in [5.41, 5.74) is 1.11. The molecule has 2 N–H and O–H groups in total. The molecule has 4 nitrogen and oxygen atoms in total. The molecule has 1 amide bonds. The zero-order chi connectivity index (χ0) is 16.5. The maximum absolute atomic E-state index is 12.5. The normalized spacial score (nSPS) is 17.8. The number of nitrogens with one attached hydrogen (secondary N) is 1. The van der Waals surface area contributed by atoms with Gasteiger partial charge in [-0.3, -0.25) is 4.79 Å². The molecular weight excluding hydrogens is 288 g/mol. The van der Waals surface area contributed by atoms with E-state index >= 15 is 0 Å². The number of aliphatic hydroxyl groups is 1. The second kappa shape index (κ2) is 9.68. The summed E-state index contributed by atoms with van der Waals surface area (Å²) in [5.74, 6) is 0.110. The monoisotopic (exact) mass is 318 g/mol. The Kier molecular flexibility index (Phi) is 7.56. The van der Waals surface area contributed by atoms with Gasteiger partial charge < -0.3 is 15.3 Å². The summed E-state index contributed by atoms with van der Waals surface area (Å²) >= 11 is 0. The molecule has 1 aromatic rings. The molecule has 1 unspecified atom stereocenters. The molecule has 4 heteroatoms. The van der Waals surface area contributed by atoms with Crippen molar-refractivity contribution in [1.29, 1.82) is 0 Å². The quantitative estimate of drug-likeness (QED) is 0.724. The van der Waals surface area contributed by atoms with Crippen molar-refractivity contribution in [2.75, 3.05) is 26.2 Å². The highest BCUT2D eigenvalue weighted by molar-refractivity contribution is 5.83. The predicted octanol–water partition coefficient (Wildman–Crippen LogP) is 2.53. The molecule has 0 aromatic heterocycles. The Morgan fingerprint density at radius 3 is 2.65 bits per heavy atom. The van der Waals surface area contributed by atoms with Crippen molar-refractivity contribution in [3.05, 3.63) is 35.9 Å². The minimum Gasteiger partial charge on any atom is -0.393 e. The van der Waals surface area contributed by atoms with Crippen LogP contribution in [0.25, 0.3) is 0 Å². The van der Waals surface area contributed by atoms with E-state index < -0.39 is 0 Å². The van der Waals surface area contributed by atoms with Gasteiger partial charge in [-0.25, -0.2) is 0 Å². The Hall–Kier alpha value is -1.39. The first-order valence-corrected chi connectivity index (χ1v) is 8.93. The van der Waals surface area contributed by atoms with Gasteiger partial charge in [0.2, 0.25) is 5.91 Å². The fourth-order valence-corrected chi connectivity index (χ4v) is 3.20. The fraction of sp³-hybridized carbons (Fsp3) is 0.632. The Morgan fingerprint density at radius 1 is 1.30 bits per heavy atom. The van der Waals surface area contributed by atoms with E-state index in [4.69, 9.17) is 0 Å². The standard InChI is InChI=1S/C19H30N2O2/c1-2-7-18(16-8-4-3-5-9-16)19(23)20-12-6-13-21-14-10-17(22)11-15-21/h3-5,8-9,17-18,22H,2,6-7,10-15H2,1H3,(H,20,23). The third kappa shape index (κ3) is 5.96. The van der Waals surface area contributed by atoms with Crippen LogP contribution in [0.2, 0.25) is 0 Å². The molecule has 1 atom stereocenters. The summed E-state index contributed by atoms with van der Waals surface area (Å²) in [6.07, 6.45) is 4.49. The Balaban J connectivity index is 1.72. The van der Waals surface area contributed by atoms with Crippen LogP contribution in [-0.2, 0) is 4.79 Å². The van der Waals surface area contributed by atoms with Gasteiger partial charge in [-0.2, -0.15) is 0 Å². The number of benzene rings is 1. The van der Waals surface area contributed by atoms with Crippen molar-refractivity contribution in [1.82, 2.24) is 10.2 Å². The van der Waals surface area contributed by atoms with E-state index in [1.54, 1.807) is 0 Å². The van der Waals surface area contributed by atoms with Crippen LogP contribution >= 0.6 is 0 Å². The number of nitrogens with zero attached hydrogens (tertiary/aromatic N) is 1. The van der Waals surface area contributed by atoms with Crippen LogP contribution in [0.3, 0.4) is 0 Å². The van der Waals surface area contributed by atoms with Crippen LogP contribution in [0.5, 0.6) is 0 Å². The van der Waals surface area contributed by atoms with Gasteiger partial charge in [0, 0.05) is 19.6 Å². The van der Waals surface area contributed by atoms with Gasteiger partial charge in [-0.05, 0) is 37.8 Å². The molecule has 0 spiro atoms. The molecule has 1 aromatic carbocycles. The molecule has 0 saturated carbocycles. The highest BCUT2D eigenvalue weighted by atomic mass is 16.3. The van der Waals surface area contributed by atoms with Crippen LogP contribution in [0.1, 0.15) is 50.5 Å². The Bertz CT molecular complexity index is 456. The van der Waals surface area contributed by atoms with Gasteiger partial charge in [0.1, 0.15) is 0 Å². The van der Waals surface area contributed by atoms with Gasteiger partial charge in [-0.1, -0.05) is 43.7 Å². The van der Waals surface area contributed by atoms with E-state index in [2.05, 4.69) is 17.1 Å². The van der Waals surface area contributed by atoms with E-state index in [0.29, 0.717) is 0 Å². The number of likely N-dealkylation sites (tertiary alicyclic amines) is 1. The summed E-state index contributed by atoms with van der Waals surface area (Å²) in [6, 6.07) is 10.1. The largest absolute Gasteiger partial charge is 0.393 e. The molecule has 0 radical (unpaired) electrons. The fourth-order valence-electron chi connectivity index (χ4n) is 3.20. The van der Waals surface area contributed by atoms with Crippen LogP contribution in [0.15, 0.2) is 30.3 Å². The summed E-state index contributed by atoms with van der Waals surface area (Å²) in [5, 5.41) is 12.6. The van der Waals surface area contributed by atoms with Crippen molar-refractivity contribution in [3.63, 3.8) is 0 Å². The molecule has 1 aliphatic rings. The summed E-state index contributed by atoms with van der Waals surface area (Å²) in [6.45, 7) is 5.78. The predicted molar refractivity (Wildman–Crippen MR) is 93.4 cm³/mol. The van der Waals surface area contributed by atoms with E-state index in [1.165, 1.54) is 0 Å². The van der Waals surface area contributed by atoms with Crippen molar-refractivity contribution < 1.29 is 9.90 Å². The SMILES string of the molecule is CCCC(C(=O)NCCCN1CCC(O)CC1)c1ccccc1. The molecule has 0 bridgehead atoms. The van der Waals surface area contributed by atoms with Crippen molar-refractivity contribution in [3.8, 4) is 0 Å². The molecule has 1 heterocycles. The molecule has 128 valence electrons. The maximum Gasteiger partial charge on any atom is 0.227 e. The Labute approximate surface area is 139 Å². The average molecular weight is 318 g/mol. The van der Waals surface area contributed by atoms with Gasteiger partial charge in [-0.15, -0.1) is 0 Å². The van der Waals surface area contributed by atoms with E-state index in [0.717, 1.165) is 63.8 Å². The second-order valence-electron chi connectivity index (χ2n) is 6.47. The molecular formula is C19H30N2O2. The zero-order valence-corrected chi connectivity index (χ0v) is 14.2. The van der Waals surface area contributed by atoms with Crippen LogP contribution in [0, 0.1) is 0 Å². The zero-order valence-electron chi connectivity index (χ0n) is 14.2. The molecule has 1 fully saturated rings. The first-order valence-electron chi connectivity index (χ1n) is 8.93. The van der Waals surface area contributed by atoms with Crippen LogP contribution in [-0.4, -0.2) is 48.2 Å².